The number of aromatic nitrogens is 2. The van der Waals surface area contributed by atoms with E-state index in [0.29, 0.717) is 13.1 Å². The molecule has 2 N–H and O–H groups in total. The maximum atomic E-state index is 13.2. The maximum absolute atomic E-state index is 13.2. The number of hydrogen-bond acceptors (Lipinski definition) is 4. The van der Waals surface area contributed by atoms with E-state index in [4.69, 9.17) is 12.2 Å². The number of benzene rings is 1. The van der Waals surface area contributed by atoms with Crippen LogP contribution < -0.4 is 15.5 Å². The molecule has 0 spiro atoms. The van der Waals surface area contributed by atoms with Crippen LogP contribution in [0.2, 0.25) is 0 Å². The Morgan fingerprint density at radius 2 is 1.75 bits per heavy atom. The number of halogens is 4. The lowest BCUT2D eigenvalue weighted by molar-refractivity contribution is -0.141. The fourth-order valence-corrected chi connectivity index (χ4v) is 3.01. The standard InChI is InChI=1S/C18H19F4N5S/c19-13-6-4-12(5-7-13)11-23-17(28)26-16-24-14(18(20,21)22)10-15(25-16)27-8-2-1-3-9-27/h4-7,10H,1-3,8-9,11H2,(H2,23,24,25,26,28). The molecular formula is C18H19F4N5S. The number of nitrogens with one attached hydrogen (secondary N) is 2. The van der Waals surface area contributed by atoms with Crippen LogP contribution in [-0.2, 0) is 12.7 Å². The van der Waals surface area contributed by atoms with Crippen LogP contribution >= 0.6 is 12.2 Å². The highest BCUT2D eigenvalue weighted by Crippen LogP contribution is 2.31. The third-order valence-electron chi connectivity index (χ3n) is 4.27. The molecule has 5 nitrogen and oxygen atoms in total. The van der Waals surface area contributed by atoms with Gasteiger partial charge in [-0.25, -0.2) is 9.37 Å². The van der Waals surface area contributed by atoms with Crippen LogP contribution in [0.1, 0.15) is 30.5 Å². The molecule has 1 aromatic heterocycles. The lowest BCUT2D eigenvalue weighted by Crippen LogP contribution is -2.32. The molecule has 1 fully saturated rings. The molecule has 0 atom stereocenters. The van der Waals surface area contributed by atoms with Gasteiger partial charge in [-0.2, -0.15) is 18.2 Å². The van der Waals surface area contributed by atoms with E-state index in [1.165, 1.54) is 12.1 Å². The second-order valence-corrected chi connectivity index (χ2v) is 6.82. The van der Waals surface area contributed by atoms with Crippen molar-refractivity contribution in [1.29, 1.82) is 0 Å². The lowest BCUT2D eigenvalue weighted by Gasteiger charge is -2.28. The highest BCUT2D eigenvalue weighted by molar-refractivity contribution is 7.80. The molecule has 0 unspecified atom stereocenters. The van der Waals surface area contributed by atoms with Gasteiger partial charge in [-0.1, -0.05) is 12.1 Å². The SMILES string of the molecule is Fc1ccc(CNC(=S)Nc2nc(N3CCCCC3)cc(C(F)(F)F)n2)cc1. The van der Waals surface area contributed by atoms with Gasteiger partial charge in [0.05, 0.1) is 0 Å². The van der Waals surface area contributed by atoms with Crippen LogP contribution in [0.15, 0.2) is 30.3 Å². The first-order valence-electron chi connectivity index (χ1n) is 8.82. The molecule has 28 heavy (non-hydrogen) atoms. The first-order valence-corrected chi connectivity index (χ1v) is 9.22. The maximum Gasteiger partial charge on any atom is 0.433 e. The van der Waals surface area contributed by atoms with E-state index in [-0.39, 0.29) is 29.2 Å². The summed E-state index contributed by atoms with van der Waals surface area (Å²) < 4.78 is 52.6. The number of hydrogen-bond donors (Lipinski definition) is 2. The summed E-state index contributed by atoms with van der Waals surface area (Å²) in [6, 6.07) is 6.76. The molecule has 0 bridgehead atoms. The summed E-state index contributed by atoms with van der Waals surface area (Å²) in [6.07, 6.45) is -1.72. The van der Waals surface area contributed by atoms with Crippen molar-refractivity contribution in [2.45, 2.75) is 32.0 Å². The highest BCUT2D eigenvalue weighted by atomic mass is 32.1. The van der Waals surface area contributed by atoms with Crippen LogP contribution in [0.25, 0.3) is 0 Å². The van der Waals surface area contributed by atoms with Crippen LogP contribution in [-0.4, -0.2) is 28.2 Å². The summed E-state index contributed by atoms with van der Waals surface area (Å²) in [4.78, 5) is 9.58. The fraction of sp³-hybridized carbons (Fsp3) is 0.389. The third kappa shape index (κ3) is 5.51. The highest BCUT2D eigenvalue weighted by Gasteiger charge is 2.34. The van der Waals surface area contributed by atoms with E-state index in [2.05, 4.69) is 20.6 Å². The van der Waals surface area contributed by atoms with Crippen LogP contribution in [0.4, 0.5) is 29.3 Å². The molecule has 0 radical (unpaired) electrons. The quantitative estimate of drug-likeness (QED) is 0.581. The van der Waals surface area contributed by atoms with Crippen LogP contribution in [0, 0.1) is 5.82 Å². The summed E-state index contributed by atoms with van der Waals surface area (Å²) in [5.41, 5.74) is -0.253. The lowest BCUT2D eigenvalue weighted by atomic mass is 10.1. The van der Waals surface area contributed by atoms with E-state index in [1.807, 2.05) is 4.90 Å². The molecular weight excluding hydrogens is 394 g/mol. The van der Waals surface area contributed by atoms with E-state index >= 15 is 0 Å². The van der Waals surface area contributed by atoms with Gasteiger partial charge >= 0.3 is 6.18 Å². The van der Waals surface area contributed by atoms with Gasteiger partial charge in [0, 0.05) is 25.7 Å². The van der Waals surface area contributed by atoms with Gasteiger partial charge < -0.3 is 15.5 Å². The second-order valence-electron chi connectivity index (χ2n) is 6.41. The van der Waals surface area contributed by atoms with E-state index in [1.54, 1.807) is 12.1 Å². The Morgan fingerprint density at radius 3 is 2.39 bits per heavy atom. The Bertz CT molecular complexity index is 820. The molecule has 2 aromatic rings. The molecule has 3 rings (SSSR count). The van der Waals surface area contributed by atoms with E-state index < -0.39 is 11.9 Å². The van der Waals surface area contributed by atoms with Gasteiger partial charge in [-0.05, 0) is 49.2 Å². The largest absolute Gasteiger partial charge is 0.433 e. The molecule has 0 aliphatic carbocycles. The molecule has 1 aliphatic heterocycles. The topological polar surface area (TPSA) is 53.1 Å². The van der Waals surface area contributed by atoms with Gasteiger partial charge in [0.25, 0.3) is 0 Å². The Labute approximate surface area is 165 Å². The number of thiocarbonyl (C=S) groups is 1. The van der Waals surface area contributed by atoms with Gasteiger partial charge in [0.15, 0.2) is 10.8 Å². The zero-order valence-corrected chi connectivity index (χ0v) is 15.7. The predicted octanol–water partition coefficient (Wildman–Crippen LogP) is 4.11. The Kier molecular flexibility index (Phi) is 6.28. The molecule has 0 amide bonds. The van der Waals surface area contributed by atoms with Gasteiger partial charge in [-0.15, -0.1) is 0 Å². The number of nitrogens with zero attached hydrogens (tertiary/aromatic N) is 3. The molecule has 1 saturated heterocycles. The molecule has 1 aromatic carbocycles. The van der Waals surface area contributed by atoms with E-state index in [0.717, 1.165) is 30.9 Å². The third-order valence-corrected chi connectivity index (χ3v) is 4.52. The molecule has 0 saturated carbocycles. The minimum absolute atomic E-state index is 0.0771. The van der Waals surface area contributed by atoms with Crippen molar-refractivity contribution in [2.24, 2.45) is 0 Å². The average molecular weight is 413 g/mol. The van der Waals surface area contributed by atoms with Crippen molar-refractivity contribution in [3.8, 4) is 0 Å². The minimum atomic E-state index is -4.59. The van der Waals surface area contributed by atoms with Crippen LogP contribution in [0.5, 0.6) is 0 Å². The molecule has 2 heterocycles. The molecule has 150 valence electrons. The first-order chi connectivity index (χ1) is 13.3. The van der Waals surface area contributed by atoms with Crippen molar-refractivity contribution in [3.63, 3.8) is 0 Å². The predicted molar refractivity (Wildman–Crippen MR) is 103 cm³/mol. The average Bonchev–Trinajstić information content (AvgIpc) is 2.67. The molecule has 10 heteroatoms. The number of anilines is 2. The summed E-state index contributed by atoms with van der Waals surface area (Å²) in [6.45, 7) is 1.59. The smallest absolute Gasteiger partial charge is 0.358 e. The summed E-state index contributed by atoms with van der Waals surface area (Å²) in [7, 11) is 0. The van der Waals surface area contributed by atoms with Crippen molar-refractivity contribution in [3.05, 3.63) is 47.4 Å². The van der Waals surface area contributed by atoms with Crippen molar-refractivity contribution in [1.82, 2.24) is 15.3 Å². The Hall–Kier alpha value is -2.49. The fourth-order valence-electron chi connectivity index (χ4n) is 2.85. The number of alkyl halides is 3. The minimum Gasteiger partial charge on any atom is -0.358 e. The summed E-state index contributed by atoms with van der Waals surface area (Å²) in [5, 5.41) is 5.54. The summed E-state index contributed by atoms with van der Waals surface area (Å²) in [5.74, 6) is -0.343. The number of rotatable bonds is 4. The first kappa shape index (κ1) is 20.2. The Balaban J connectivity index is 1.72. The van der Waals surface area contributed by atoms with E-state index in [9.17, 15) is 17.6 Å². The summed E-state index contributed by atoms with van der Waals surface area (Å²) >= 11 is 5.13. The molecule has 1 aliphatic rings. The van der Waals surface area contributed by atoms with Crippen molar-refractivity contribution < 1.29 is 17.6 Å². The monoisotopic (exact) mass is 413 g/mol. The van der Waals surface area contributed by atoms with Gasteiger partial charge in [0.2, 0.25) is 5.95 Å². The number of piperidine rings is 1. The Morgan fingerprint density at radius 1 is 1.07 bits per heavy atom. The van der Waals surface area contributed by atoms with Gasteiger partial charge in [0.1, 0.15) is 11.6 Å². The second kappa shape index (κ2) is 8.68. The normalized spacial score (nSPS) is 14.6. The zero-order valence-electron chi connectivity index (χ0n) is 14.9. The zero-order chi connectivity index (χ0) is 20.1. The van der Waals surface area contributed by atoms with Crippen LogP contribution in [0.3, 0.4) is 0 Å². The van der Waals surface area contributed by atoms with Crippen molar-refractivity contribution >= 4 is 29.1 Å². The van der Waals surface area contributed by atoms with Crippen molar-refractivity contribution in [2.75, 3.05) is 23.3 Å². The van der Waals surface area contributed by atoms with Gasteiger partial charge in [-0.3, -0.25) is 0 Å².